The number of carbonyl (C=O) groups is 3. The minimum atomic E-state index is 0.0277. The van der Waals surface area contributed by atoms with Gasteiger partial charge in [-0.05, 0) is 12.1 Å². The number of ether oxygens (including phenoxy) is 1. The van der Waals surface area contributed by atoms with Gasteiger partial charge in [0, 0.05) is 37.9 Å². The highest BCUT2D eigenvalue weighted by molar-refractivity contribution is 5.78. The van der Waals surface area contributed by atoms with E-state index in [1.165, 1.54) is 0 Å². The van der Waals surface area contributed by atoms with Crippen LogP contribution in [0, 0.1) is 17.8 Å². The van der Waals surface area contributed by atoms with Crippen LogP contribution in [0.5, 0.6) is 0 Å². The topological polar surface area (TPSA) is 101 Å². The van der Waals surface area contributed by atoms with Gasteiger partial charge >= 0.3 is 0 Å². The van der Waals surface area contributed by atoms with Gasteiger partial charge in [-0.2, -0.15) is 0 Å². The van der Waals surface area contributed by atoms with Gasteiger partial charge in [0.2, 0.25) is 17.7 Å². The van der Waals surface area contributed by atoms with E-state index in [4.69, 9.17) is 9.15 Å². The third-order valence-corrected chi connectivity index (χ3v) is 4.13. The highest BCUT2D eigenvalue weighted by Crippen LogP contribution is 2.04. The predicted octanol–water partition coefficient (Wildman–Crippen LogP) is 2.44. The molecule has 2 rings (SSSR count). The number of carbonyl (C=O) groups excluding carboxylic acids is 3. The maximum atomic E-state index is 11.4. The highest BCUT2D eigenvalue weighted by Gasteiger charge is 2.18. The van der Waals surface area contributed by atoms with E-state index < -0.39 is 0 Å². The van der Waals surface area contributed by atoms with Crippen molar-refractivity contribution >= 4 is 17.7 Å². The van der Waals surface area contributed by atoms with Crippen LogP contribution in [0.15, 0.2) is 22.8 Å². The minimum absolute atomic E-state index is 0.0277. The lowest BCUT2D eigenvalue weighted by Gasteiger charge is -2.28. The molecular formula is C22H39N3O5. The Morgan fingerprint density at radius 2 is 1.53 bits per heavy atom. The van der Waals surface area contributed by atoms with Crippen molar-refractivity contribution in [2.45, 2.75) is 48.1 Å². The first-order chi connectivity index (χ1) is 14.1. The molecule has 0 radical (unpaired) electrons. The Labute approximate surface area is 180 Å². The number of hydrogen-bond donors (Lipinski definition) is 2. The zero-order chi connectivity index (χ0) is 23.1. The van der Waals surface area contributed by atoms with E-state index in [1.807, 2.05) is 52.5 Å². The van der Waals surface area contributed by atoms with Crippen molar-refractivity contribution in [1.82, 2.24) is 15.5 Å². The molecule has 30 heavy (non-hydrogen) atoms. The van der Waals surface area contributed by atoms with Gasteiger partial charge < -0.3 is 24.7 Å². The zero-order valence-corrected chi connectivity index (χ0v) is 19.5. The van der Waals surface area contributed by atoms with Crippen LogP contribution in [0.2, 0.25) is 0 Å². The van der Waals surface area contributed by atoms with Crippen LogP contribution in [0.25, 0.3) is 0 Å². The second-order valence-corrected chi connectivity index (χ2v) is 7.81. The lowest BCUT2D eigenvalue weighted by Crippen LogP contribution is -2.42. The van der Waals surface area contributed by atoms with Gasteiger partial charge in [-0.15, -0.1) is 0 Å². The molecule has 2 heterocycles. The molecule has 0 bridgehead atoms. The number of rotatable bonds is 5. The van der Waals surface area contributed by atoms with Crippen molar-refractivity contribution in [2.75, 3.05) is 33.4 Å². The van der Waals surface area contributed by atoms with Gasteiger partial charge in [0.1, 0.15) is 5.76 Å². The summed E-state index contributed by atoms with van der Waals surface area (Å²) in [6.07, 6.45) is 1.59. The quantitative estimate of drug-likeness (QED) is 0.755. The summed E-state index contributed by atoms with van der Waals surface area (Å²) < 4.78 is 10.2. The van der Waals surface area contributed by atoms with E-state index in [9.17, 15) is 14.4 Å². The summed E-state index contributed by atoms with van der Waals surface area (Å²) in [5, 5.41) is 5.28. The Hall–Kier alpha value is -2.35. The zero-order valence-electron chi connectivity index (χ0n) is 19.5. The van der Waals surface area contributed by atoms with Crippen LogP contribution in [-0.4, -0.2) is 56.0 Å². The second kappa shape index (κ2) is 15.5. The van der Waals surface area contributed by atoms with Crippen LogP contribution in [0.3, 0.4) is 0 Å². The maximum Gasteiger partial charge on any atom is 0.225 e. The van der Waals surface area contributed by atoms with E-state index in [0.29, 0.717) is 19.8 Å². The molecule has 2 N–H and O–H groups in total. The molecule has 1 aromatic rings. The fourth-order valence-corrected chi connectivity index (χ4v) is 2.23. The monoisotopic (exact) mass is 425 g/mol. The maximum absolute atomic E-state index is 11.4. The molecule has 0 unspecified atom stereocenters. The number of amides is 3. The summed E-state index contributed by atoms with van der Waals surface area (Å²) in [7, 11) is 1.64. The van der Waals surface area contributed by atoms with Crippen LogP contribution in [-0.2, 0) is 25.7 Å². The van der Waals surface area contributed by atoms with Gasteiger partial charge in [-0.1, -0.05) is 41.5 Å². The summed E-state index contributed by atoms with van der Waals surface area (Å²) in [6.45, 7) is 14.7. The van der Waals surface area contributed by atoms with Crippen molar-refractivity contribution in [1.29, 1.82) is 0 Å². The third-order valence-electron chi connectivity index (χ3n) is 4.13. The van der Waals surface area contributed by atoms with Crippen molar-refractivity contribution in [3.63, 3.8) is 0 Å². The molecular weight excluding hydrogens is 386 g/mol. The first-order valence-electron chi connectivity index (χ1n) is 10.5. The van der Waals surface area contributed by atoms with Crippen molar-refractivity contribution < 1.29 is 23.5 Å². The summed E-state index contributed by atoms with van der Waals surface area (Å²) >= 11 is 0. The van der Waals surface area contributed by atoms with Crippen molar-refractivity contribution in [3.05, 3.63) is 24.2 Å². The van der Waals surface area contributed by atoms with E-state index in [2.05, 4.69) is 10.6 Å². The van der Waals surface area contributed by atoms with Crippen LogP contribution >= 0.6 is 0 Å². The van der Waals surface area contributed by atoms with Gasteiger partial charge in [0.15, 0.2) is 0 Å². The van der Waals surface area contributed by atoms with E-state index in [1.54, 1.807) is 19.4 Å². The van der Waals surface area contributed by atoms with E-state index in [-0.39, 0.29) is 35.5 Å². The molecule has 1 fully saturated rings. The SMILES string of the molecule is CC(C)C(=O)N1CCOCC1.CC(C)C(=O)NCc1ccco1.CNC(=O)C(C)C. The smallest absolute Gasteiger partial charge is 0.225 e. The number of morpholine rings is 1. The predicted molar refractivity (Wildman–Crippen MR) is 117 cm³/mol. The van der Waals surface area contributed by atoms with Crippen molar-refractivity contribution in [3.8, 4) is 0 Å². The molecule has 1 aliphatic rings. The Bertz CT molecular complexity index is 606. The Morgan fingerprint density at radius 1 is 0.967 bits per heavy atom. The van der Waals surface area contributed by atoms with E-state index >= 15 is 0 Å². The fourth-order valence-electron chi connectivity index (χ4n) is 2.23. The Morgan fingerprint density at radius 3 is 1.90 bits per heavy atom. The van der Waals surface area contributed by atoms with Crippen LogP contribution in [0.4, 0.5) is 0 Å². The summed E-state index contributed by atoms with van der Waals surface area (Å²) in [4.78, 5) is 34.7. The summed E-state index contributed by atoms with van der Waals surface area (Å²) in [5.74, 6) is 1.43. The van der Waals surface area contributed by atoms with Gasteiger partial charge in [0.25, 0.3) is 0 Å². The molecule has 8 nitrogen and oxygen atoms in total. The second-order valence-electron chi connectivity index (χ2n) is 7.81. The van der Waals surface area contributed by atoms with Crippen LogP contribution < -0.4 is 10.6 Å². The van der Waals surface area contributed by atoms with Crippen LogP contribution in [0.1, 0.15) is 47.3 Å². The molecule has 0 aliphatic carbocycles. The highest BCUT2D eigenvalue weighted by atomic mass is 16.5. The molecule has 0 atom stereocenters. The number of nitrogens with zero attached hydrogens (tertiary/aromatic N) is 1. The summed E-state index contributed by atoms with van der Waals surface area (Å²) in [6, 6.07) is 3.64. The molecule has 3 amide bonds. The Kier molecular flexibility index (Phi) is 14.3. The molecule has 1 saturated heterocycles. The van der Waals surface area contributed by atoms with Gasteiger partial charge in [0.05, 0.1) is 26.0 Å². The number of hydrogen-bond acceptors (Lipinski definition) is 5. The minimum Gasteiger partial charge on any atom is -0.467 e. The van der Waals surface area contributed by atoms with Crippen molar-refractivity contribution in [2.24, 2.45) is 17.8 Å². The first-order valence-corrected chi connectivity index (χ1v) is 10.5. The normalized spacial score (nSPS) is 13.2. The third kappa shape index (κ3) is 12.3. The number of furan rings is 1. The molecule has 0 spiro atoms. The largest absolute Gasteiger partial charge is 0.467 e. The average Bonchev–Trinajstić information content (AvgIpc) is 3.25. The molecule has 1 aromatic heterocycles. The molecule has 0 saturated carbocycles. The molecule has 8 heteroatoms. The van der Waals surface area contributed by atoms with Gasteiger partial charge in [-0.25, -0.2) is 0 Å². The standard InChI is InChI=1S/C9H13NO2.C8H15NO2.C5H11NO/c1-7(2)9(11)10-6-8-4-3-5-12-8;1-7(2)8(10)9-3-5-11-6-4-9;1-4(2)5(7)6-3/h3-5,7H,6H2,1-2H3,(H,10,11);7H,3-6H2,1-2H3;4H,1-3H3,(H,6,7). The van der Waals surface area contributed by atoms with Gasteiger partial charge in [-0.3, -0.25) is 14.4 Å². The lowest BCUT2D eigenvalue weighted by molar-refractivity contribution is -0.138. The lowest BCUT2D eigenvalue weighted by atomic mass is 10.2. The molecule has 1 aliphatic heterocycles. The average molecular weight is 426 g/mol. The first kappa shape index (κ1) is 27.6. The van der Waals surface area contributed by atoms with E-state index in [0.717, 1.165) is 18.8 Å². The summed E-state index contributed by atoms with van der Waals surface area (Å²) in [5.41, 5.74) is 0. The molecule has 172 valence electrons. The Balaban J connectivity index is 0.000000437. The molecule has 0 aromatic carbocycles. The fraction of sp³-hybridized carbons (Fsp3) is 0.682. The number of nitrogens with one attached hydrogen (secondary N) is 2.